The molecule has 8 nitrogen and oxygen atoms in total. The van der Waals surface area contributed by atoms with Crippen molar-refractivity contribution in [2.24, 2.45) is 0 Å². The van der Waals surface area contributed by atoms with E-state index in [0.717, 1.165) is 0 Å². The van der Waals surface area contributed by atoms with Crippen molar-refractivity contribution in [3.05, 3.63) is 0 Å². The zero-order chi connectivity index (χ0) is 13.8. The summed E-state index contributed by atoms with van der Waals surface area (Å²) in [5.74, 6) is -1.71. The third-order valence-electron chi connectivity index (χ3n) is 2.50. The first-order chi connectivity index (χ1) is 8.30. The minimum absolute atomic E-state index is 0.0591. The molecule has 0 spiro atoms. The summed E-state index contributed by atoms with van der Waals surface area (Å²) >= 11 is 0. The highest BCUT2D eigenvalue weighted by Gasteiger charge is 2.28. The maximum atomic E-state index is 11.7. The van der Waals surface area contributed by atoms with Crippen LogP contribution in [0.4, 0.5) is 0 Å². The van der Waals surface area contributed by atoms with E-state index in [1.807, 2.05) is 0 Å². The lowest BCUT2D eigenvalue weighted by Gasteiger charge is -2.26. The molecule has 2 atom stereocenters. The Morgan fingerprint density at radius 1 is 1.56 bits per heavy atom. The summed E-state index contributed by atoms with van der Waals surface area (Å²) in [7, 11) is 0. The Balaban J connectivity index is 2.36. The molecule has 1 heterocycles. The Hall–Kier alpha value is -1.67. The molecule has 18 heavy (non-hydrogen) atoms. The van der Waals surface area contributed by atoms with Crippen molar-refractivity contribution in [3.63, 3.8) is 0 Å². The van der Waals surface area contributed by atoms with Gasteiger partial charge in [-0.25, -0.2) is 0 Å². The lowest BCUT2D eigenvalue weighted by atomic mass is 10.0. The molecule has 1 aliphatic heterocycles. The van der Waals surface area contributed by atoms with Crippen LogP contribution in [-0.2, 0) is 14.4 Å². The van der Waals surface area contributed by atoms with Gasteiger partial charge in [0.15, 0.2) is 0 Å². The van der Waals surface area contributed by atoms with Crippen molar-refractivity contribution in [2.75, 3.05) is 19.6 Å². The van der Waals surface area contributed by atoms with Crippen LogP contribution in [0.15, 0.2) is 0 Å². The number of carboxylic acids is 1. The van der Waals surface area contributed by atoms with Gasteiger partial charge in [-0.3, -0.25) is 19.7 Å². The summed E-state index contributed by atoms with van der Waals surface area (Å²) in [4.78, 5) is 33.0. The first-order valence-corrected chi connectivity index (χ1v) is 5.52. The molecule has 8 heteroatoms. The molecule has 0 aromatic rings. The molecular formula is C10H17N3O5. The van der Waals surface area contributed by atoms with Gasteiger partial charge in [-0.05, 0) is 6.92 Å². The smallest absolute Gasteiger partial charge is 0.306 e. The second-order valence-electron chi connectivity index (χ2n) is 4.52. The van der Waals surface area contributed by atoms with Gasteiger partial charge in [0.25, 0.3) is 0 Å². The fourth-order valence-corrected chi connectivity index (χ4v) is 1.54. The van der Waals surface area contributed by atoms with E-state index in [1.165, 1.54) is 6.92 Å². The zero-order valence-electron chi connectivity index (χ0n) is 10.0. The average Bonchev–Trinajstić information content (AvgIpc) is 2.25. The molecule has 1 rings (SSSR count). The quantitative estimate of drug-likeness (QED) is 0.369. The highest BCUT2D eigenvalue weighted by Crippen LogP contribution is 2.07. The molecule has 1 saturated heterocycles. The van der Waals surface area contributed by atoms with E-state index in [9.17, 15) is 19.5 Å². The van der Waals surface area contributed by atoms with Gasteiger partial charge < -0.3 is 20.8 Å². The SMILES string of the molecule is CC(O)(CNC(=O)C1CNC(=O)CN1)CC(=O)O. The fourth-order valence-electron chi connectivity index (χ4n) is 1.54. The number of carboxylic acid groups (broad SMARTS) is 1. The summed E-state index contributed by atoms with van der Waals surface area (Å²) in [5, 5.41) is 25.9. The van der Waals surface area contributed by atoms with Crippen LogP contribution in [0.2, 0.25) is 0 Å². The Kier molecular flexibility index (Phi) is 4.62. The molecule has 0 aromatic heterocycles. The van der Waals surface area contributed by atoms with Crippen LogP contribution in [0.3, 0.4) is 0 Å². The number of hydrogen-bond acceptors (Lipinski definition) is 5. The van der Waals surface area contributed by atoms with Crippen LogP contribution >= 0.6 is 0 Å². The highest BCUT2D eigenvalue weighted by atomic mass is 16.4. The number of carbonyl (C=O) groups excluding carboxylic acids is 2. The van der Waals surface area contributed by atoms with Crippen LogP contribution in [0.1, 0.15) is 13.3 Å². The number of carbonyl (C=O) groups is 3. The van der Waals surface area contributed by atoms with Gasteiger partial charge >= 0.3 is 5.97 Å². The van der Waals surface area contributed by atoms with Gasteiger partial charge in [0.1, 0.15) is 6.04 Å². The number of amides is 2. The summed E-state index contributed by atoms with van der Waals surface area (Å²) in [6, 6.07) is -0.566. The molecule has 1 aliphatic rings. The molecule has 2 unspecified atom stereocenters. The van der Waals surface area contributed by atoms with Gasteiger partial charge in [0, 0.05) is 13.1 Å². The predicted molar refractivity (Wildman–Crippen MR) is 60.7 cm³/mol. The number of aliphatic carboxylic acids is 1. The molecular weight excluding hydrogens is 242 g/mol. The number of hydrogen-bond donors (Lipinski definition) is 5. The van der Waals surface area contributed by atoms with E-state index in [4.69, 9.17) is 5.11 Å². The number of nitrogens with one attached hydrogen (secondary N) is 3. The van der Waals surface area contributed by atoms with Crippen LogP contribution in [0.25, 0.3) is 0 Å². The first kappa shape index (κ1) is 14.4. The lowest BCUT2D eigenvalue weighted by molar-refractivity contribution is -0.142. The highest BCUT2D eigenvalue weighted by molar-refractivity contribution is 5.86. The summed E-state index contributed by atoms with van der Waals surface area (Å²) in [5.41, 5.74) is -1.50. The van der Waals surface area contributed by atoms with Gasteiger partial charge in [-0.1, -0.05) is 0 Å². The Morgan fingerprint density at radius 3 is 2.72 bits per heavy atom. The van der Waals surface area contributed by atoms with E-state index < -0.39 is 24.0 Å². The van der Waals surface area contributed by atoms with E-state index in [1.54, 1.807) is 0 Å². The van der Waals surface area contributed by atoms with E-state index in [-0.39, 0.29) is 31.4 Å². The maximum Gasteiger partial charge on any atom is 0.306 e. The van der Waals surface area contributed by atoms with Crippen LogP contribution < -0.4 is 16.0 Å². The minimum Gasteiger partial charge on any atom is -0.481 e. The van der Waals surface area contributed by atoms with Gasteiger partial charge in [-0.2, -0.15) is 0 Å². The predicted octanol–water partition coefficient (Wildman–Crippen LogP) is -2.58. The second kappa shape index (κ2) is 5.78. The normalized spacial score (nSPS) is 22.8. The number of piperazine rings is 1. The second-order valence-corrected chi connectivity index (χ2v) is 4.52. The zero-order valence-corrected chi connectivity index (χ0v) is 10.0. The Morgan fingerprint density at radius 2 is 2.22 bits per heavy atom. The standard InChI is InChI=1S/C10H17N3O5/c1-10(18,2-8(15)16)5-13-9(17)6-3-12-7(14)4-11-6/h6,11,18H,2-5H2,1H3,(H,12,14)(H,13,17)(H,15,16). The Bertz CT molecular complexity index is 345. The van der Waals surface area contributed by atoms with Crippen molar-refractivity contribution in [3.8, 4) is 0 Å². The van der Waals surface area contributed by atoms with Crippen molar-refractivity contribution in [2.45, 2.75) is 25.0 Å². The van der Waals surface area contributed by atoms with Crippen molar-refractivity contribution in [1.29, 1.82) is 0 Å². The van der Waals surface area contributed by atoms with Crippen molar-refractivity contribution < 1.29 is 24.6 Å². The molecule has 1 fully saturated rings. The summed E-state index contributed by atoms with van der Waals surface area (Å²) in [6.07, 6.45) is -0.456. The molecule has 0 saturated carbocycles. The lowest BCUT2D eigenvalue weighted by Crippen LogP contribution is -2.59. The van der Waals surface area contributed by atoms with Crippen LogP contribution in [-0.4, -0.2) is 59.3 Å². The Labute approximate surface area is 104 Å². The van der Waals surface area contributed by atoms with Crippen LogP contribution in [0, 0.1) is 0 Å². The van der Waals surface area contributed by atoms with Gasteiger partial charge in [-0.15, -0.1) is 0 Å². The summed E-state index contributed by atoms with van der Waals surface area (Å²) in [6.45, 7) is 1.40. The van der Waals surface area contributed by atoms with Gasteiger partial charge in [0.05, 0.1) is 18.6 Å². The molecule has 5 N–H and O–H groups in total. The van der Waals surface area contributed by atoms with Gasteiger partial charge in [0.2, 0.25) is 11.8 Å². The largest absolute Gasteiger partial charge is 0.481 e. The fraction of sp³-hybridized carbons (Fsp3) is 0.700. The monoisotopic (exact) mass is 259 g/mol. The minimum atomic E-state index is -1.50. The third-order valence-corrected chi connectivity index (χ3v) is 2.50. The molecule has 0 bridgehead atoms. The van der Waals surface area contributed by atoms with Crippen molar-refractivity contribution >= 4 is 17.8 Å². The van der Waals surface area contributed by atoms with Crippen molar-refractivity contribution in [1.82, 2.24) is 16.0 Å². The number of rotatable bonds is 5. The van der Waals surface area contributed by atoms with Crippen LogP contribution in [0.5, 0.6) is 0 Å². The number of aliphatic hydroxyl groups is 1. The van der Waals surface area contributed by atoms with E-state index in [2.05, 4.69) is 16.0 Å². The van der Waals surface area contributed by atoms with E-state index >= 15 is 0 Å². The molecule has 0 radical (unpaired) electrons. The van der Waals surface area contributed by atoms with E-state index in [0.29, 0.717) is 0 Å². The average molecular weight is 259 g/mol. The molecule has 0 aromatic carbocycles. The molecule has 0 aliphatic carbocycles. The summed E-state index contributed by atoms with van der Waals surface area (Å²) < 4.78 is 0. The maximum absolute atomic E-state index is 11.7. The topological polar surface area (TPSA) is 128 Å². The third kappa shape index (κ3) is 4.68. The first-order valence-electron chi connectivity index (χ1n) is 5.52. The molecule has 102 valence electrons. The molecule has 2 amide bonds.